The van der Waals surface area contributed by atoms with Crippen molar-refractivity contribution in [2.24, 2.45) is 5.92 Å². The van der Waals surface area contributed by atoms with Gasteiger partial charge in [0.25, 0.3) is 0 Å². The van der Waals surface area contributed by atoms with Crippen molar-refractivity contribution < 1.29 is 28.7 Å². The Morgan fingerprint density at radius 2 is 1.62 bits per heavy atom. The van der Waals surface area contributed by atoms with Gasteiger partial charge in [0, 0.05) is 12.6 Å². The Labute approximate surface area is 257 Å². The average molecular weight is 608 g/mol. The van der Waals surface area contributed by atoms with Crippen molar-refractivity contribution in [1.82, 2.24) is 15.5 Å². The highest BCUT2D eigenvalue weighted by atomic mass is 32.2. The highest BCUT2D eigenvalue weighted by Gasteiger charge is 2.39. The molecule has 0 spiro atoms. The quantitative estimate of drug-likeness (QED) is 0.231. The SMILES string of the molecule is CCOC(=O)CCNC(=O)C(c1c(C)cccc1C)N(C(=O)C(CCSC)NC(=O)OC(C)(C)C)C(C)CCC(C)C. The van der Waals surface area contributed by atoms with Gasteiger partial charge in [-0.15, -0.1) is 0 Å². The molecule has 3 unspecified atom stereocenters. The number of esters is 1. The second-order valence-electron chi connectivity index (χ2n) is 12.1. The van der Waals surface area contributed by atoms with E-state index >= 15 is 0 Å². The number of ether oxygens (including phenoxy) is 2. The molecule has 1 rings (SSSR count). The van der Waals surface area contributed by atoms with E-state index in [1.54, 1.807) is 44.4 Å². The molecule has 3 atom stereocenters. The fourth-order valence-electron chi connectivity index (χ4n) is 4.71. The number of aryl methyl sites for hydroxylation is 2. The number of amides is 3. The highest BCUT2D eigenvalue weighted by molar-refractivity contribution is 7.98. The fourth-order valence-corrected chi connectivity index (χ4v) is 5.18. The van der Waals surface area contributed by atoms with Crippen molar-refractivity contribution in [2.75, 3.05) is 25.2 Å². The van der Waals surface area contributed by atoms with Crippen molar-refractivity contribution in [2.45, 2.75) is 112 Å². The molecule has 0 saturated carbocycles. The third-order valence-electron chi connectivity index (χ3n) is 6.77. The molecule has 2 N–H and O–H groups in total. The van der Waals surface area contributed by atoms with Gasteiger partial charge in [-0.3, -0.25) is 14.4 Å². The second kappa shape index (κ2) is 18.0. The first-order chi connectivity index (χ1) is 19.6. The lowest BCUT2D eigenvalue weighted by molar-refractivity contribution is -0.146. The summed E-state index contributed by atoms with van der Waals surface area (Å²) in [5, 5.41) is 5.68. The van der Waals surface area contributed by atoms with Crippen LogP contribution in [0.1, 0.15) is 96.9 Å². The molecule has 1 aromatic rings. The molecule has 10 heteroatoms. The molecular weight excluding hydrogens is 554 g/mol. The standard InChI is InChI=1S/C32H53N3O6S/c1-11-40-26(36)17-19-33-29(37)28(27-22(4)13-12-14-23(27)5)35(24(6)16-15-21(2)3)30(38)25(18-20-42-10)34-31(39)41-32(7,8)9/h12-14,21,24-25,28H,11,15-20H2,1-10H3,(H,33,37)(H,34,39). The number of hydrogen-bond donors (Lipinski definition) is 2. The second-order valence-corrected chi connectivity index (χ2v) is 13.1. The molecule has 0 aliphatic rings. The molecule has 0 radical (unpaired) electrons. The van der Waals surface area contributed by atoms with Gasteiger partial charge in [-0.25, -0.2) is 4.79 Å². The minimum Gasteiger partial charge on any atom is -0.466 e. The molecule has 0 heterocycles. The van der Waals surface area contributed by atoms with E-state index in [9.17, 15) is 19.2 Å². The summed E-state index contributed by atoms with van der Waals surface area (Å²) in [4.78, 5) is 55.0. The van der Waals surface area contributed by atoms with Crippen LogP contribution < -0.4 is 10.6 Å². The number of carbonyl (C=O) groups is 4. The van der Waals surface area contributed by atoms with Crippen molar-refractivity contribution in [3.8, 4) is 0 Å². The van der Waals surface area contributed by atoms with Crippen molar-refractivity contribution in [1.29, 1.82) is 0 Å². The smallest absolute Gasteiger partial charge is 0.408 e. The van der Waals surface area contributed by atoms with Gasteiger partial charge < -0.3 is 25.0 Å². The molecule has 1 aromatic carbocycles. The number of thioether (sulfide) groups is 1. The van der Waals surface area contributed by atoms with Crippen LogP contribution in [0.2, 0.25) is 0 Å². The molecule has 0 aliphatic heterocycles. The first kappa shape index (κ1) is 37.3. The summed E-state index contributed by atoms with van der Waals surface area (Å²) >= 11 is 1.57. The zero-order valence-corrected chi connectivity index (χ0v) is 28.1. The molecular formula is C32H53N3O6S. The summed E-state index contributed by atoms with van der Waals surface area (Å²) in [6.45, 7) is 17.4. The summed E-state index contributed by atoms with van der Waals surface area (Å²) in [6, 6.07) is 3.58. The third-order valence-corrected chi connectivity index (χ3v) is 7.41. The maximum Gasteiger partial charge on any atom is 0.408 e. The van der Waals surface area contributed by atoms with E-state index in [0.29, 0.717) is 24.5 Å². The van der Waals surface area contributed by atoms with E-state index in [2.05, 4.69) is 24.5 Å². The zero-order valence-electron chi connectivity index (χ0n) is 27.3. The predicted molar refractivity (Wildman–Crippen MR) is 169 cm³/mol. The number of benzene rings is 1. The lowest BCUT2D eigenvalue weighted by Crippen LogP contribution is -2.56. The van der Waals surface area contributed by atoms with Crippen LogP contribution in [0.4, 0.5) is 4.79 Å². The highest BCUT2D eigenvalue weighted by Crippen LogP contribution is 2.32. The number of carbonyl (C=O) groups excluding carboxylic acids is 4. The first-order valence-electron chi connectivity index (χ1n) is 14.9. The van der Waals surface area contributed by atoms with Crippen LogP contribution in [0.3, 0.4) is 0 Å². The Hall–Kier alpha value is -2.75. The summed E-state index contributed by atoms with van der Waals surface area (Å²) in [6.07, 6.45) is 3.17. The maximum absolute atomic E-state index is 14.5. The molecule has 0 aliphatic carbocycles. The van der Waals surface area contributed by atoms with Crippen LogP contribution in [0.15, 0.2) is 18.2 Å². The lowest BCUT2D eigenvalue weighted by Gasteiger charge is -2.39. The van der Waals surface area contributed by atoms with E-state index in [1.807, 2.05) is 45.2 Å². The van der Waals surface area contributed by atoms with Gasteiger partial charge in [-0.2, -0.15) is 11.8 Å². The van der Waals surface area contributed by atoms with Gasteiger partial charge in [-0.1, -0.05) is 32.0 Å². The van der Waals surface area contributed by atoms with Crippen LogP contribution in [0, 0.1) is 19.8 Å². The molecule has 0 bridgehead atoms. The van der Waals surface area contributed by atoms with Crippen molar-refractivity contribution in [3.05, 3.63) is 34.9 Å². The molecule has 0 saturated heterocycles. The van der Waals surface area contributed by atoms with Gasteiger partial charge in [0.15, 0.2) is 0 Å². The summed E-state index contributed by atoms with van der Waals surface area (Å²) in [7, 11) is 0. The Balaban J connectivity index is 3.65. The van der Waals surface area contributed by atoms with Crippen LogP contribution in [0.25, 0.3) is 0 Å². The molecule has 9 nitrogen and oxygen atoms in total. The number of alkyl carbamates (subject to hydrolysis) is 1. The Morgan fingerprint density at radius 3 is 2.14 bits per heavy atom. The maximum atomic E-state index is 14.5. The molecule has 3 amide bonds. The van der Waals surface area contributed by atoms with Gasteiger partial charge in [0.05, 0.1) is 13.0 Å². The van der Waals surface area contributed by atoms with E-state index in [0.717, 1.165) is 23.1 Å². The van der Waals surface area contributed by atoms with Gasteiger partial charge >= 0.3 is 12.1 Å². The molecule has 0 fully saturated rings. The topological polar surface area (TPSA) is 114 Å². The van der Waals surface area contributed by atoms with E-state index < -0.39 is 29.7 Å². The van der Waals surface area contributed by atoms with Crippen LogP contribution >= 0.6 is 11.8 Å². The Kier molecular flexibility index (Phi) is 16.0. The first-order valence-corrected chi connectivity index (χ1v) is 16.3. The van der Waals surface area contributed by atoms with Gasteiger partial charge in [0.1, 0.15) is 17.7 Å². The average Bonchev–Trinajstić information content (AvgIpc) is 2.87. The lowest BCUT2D eigenvalue weighted by atomic mass is 9.91. The van der Waals surface area contributed by atoms with Crippen LogP contribution in [-0.4, -0.2) is 71.6 Å². The number of nitrogens with zero attached hydrogens (tertiary/aromatic N) is 1. The number of rotatable bonds is 16. The normalized spacial score (nSPS) is 13.6. The molecule has 238 valence electrons. The van der Waals surface area contributed by atoms with E-state index in [1.165, 1.54) is 0 Å². The predicted octanol–water partition coefficient (Wildman–Crippen LogP) is 5.71. The Morgan fingerprint density at radius 1 is 1.00 bits per heavy atom. The zero-order chi connectivity index (χ0) is 32.0. The fraction of sp³-hybridized carbons (Fsp3) is 0.688. The minimum atomic E-state index is -0.972. The molecule has 42 heavy (non-hydrogen) atoms. The van der Waals surface area contributed by atoms with Gasteiger partial charge in [0.2, 0.25) is 11.8 Å². The third kappa shape index (κ3) is 12.6. The Bertz CT molecular complexity index is 1020. The van der Waals surface area contributed by atoms with Gasteiger partial charge in [-0.05, 0) is 102 Å². The van der Waals surface area contributed by atoms with E-state index in [-0.39, 0.29) is 37.4 Å². The van der Waals surface area contributed by atoms with Crippen LogP contribution in [0.5, 0.6) is 0 Å². The van der Waals surface area contributed by atoms with Crippen molar-refractivity contribution >= 4 is 35.6 Å². The van der Waals surface area contributed by atoms with E-state index in [4.69, 9.17) is 9.47 Å². The molecule has 0 aromatic heterocycles. The minimum absolute atomic E-state index is 0.0203. The van der Waals surface area contributed by atoms with Crippen molar-refractivity contribution in [3.63, 3.8) is 0 Å². The summed E-state index contributed by atoms with van der Waals surface area (Å²) in [5.41, 5.74) is 1.74. The number of nitrogens with one attached hydrogen (secondary N) is 2. The summed E-state index contributed by atoms with van der Waals surface area (Å²) < 4.78 is 10.5. The summed E-state index contributed by atoms with van der Waals surface area (Å²) in [5.74, 6) is -0.117. The van der Waals surface area contributed by atoms with Crippen LogP contribution in [-0.2, 0) is 23.9 Å². The largest absolute Gasteiger partial charge is 0.466 e. The number of hydrogen-bond acceptors (Lipinski definition) is 7. The monoisotopic (exact) mass is 607 g/mol.